The van der Waals surface area contributed by atoms with E-state index in [1.807, 2.05) is 63.4 Å². The van der Waals surface area contributed by atoms with Crippen molar-refractivity contribution in [3.63, 3.8) is 0 Å². The van der Waals surface area contributed by atoms with Gasteiger partial charge in [0.1, 0.15) is 6.04 Å². The molecule has 1 aliphatic rings. The Morgan fingerprint density at radius 3 is 2.67 bits per heavy atom. The Hall–Kier alpha value is -3.19. The zero-order valence-corrected chi connectivity index (χ0v) is 18.0. The number of hydrogen-bond acceptors (Lipinski definition) is 3. The van der Waals surface area contributed by atoms with E-state index >= 15 is 0 Å². The average molecular weight is 420 g/mol. The van der Waals surface area contributed by atoms with Crippen molar-refractivity contribution in [2.45, 2.75) is 32.9 Å². The molecule has 0 saturated carbocycles. The molecule has 6 nitrogen and oxygen atoms in total. The molecule has 1 fully saturated rings. The summed E-state index contributed by atoms with van der Waals surface area (Å²) in [5.41, 5.74) is 4.74. The number of aromatic amines is 1. The number of anilines is 2. The second kappa shape index (κ2) is 8.28. The van der Waals surface area contributed by atoms with Gasteiger partial charge in [-0.15, -0.1) is 0 Å². The summed E-state index contributed by atoms with van der Waals surface area (Å²) in [5, 5.41) is 7.08. The van der Waals surface area contributed by atoms with Gasteiger partial charge in [-0.05, 0) is 67.2 Å². The van der Waals surface area contributed by atoms with Gasteiger partial charge >= 0.3 is 0 Å². The monoisotopic (exact) mass is 419 g/mol. The fourth-order valence-electron chi connectivity index (χ4n) is 3.69. The summed E-state index contributed by atoms with van der Waals surface area (Å²) in [6.45, 7) is 5.75. The van der Waals surface area contributed by atoms with Crippen molar-refractivity contribution in [1.29, 1.82) is 0 Å². The Kier molecular flexibility index (Phi) is 5.55. The van der Waals surface area contributed by atoms with E-state index in [9.17, 15) is 4.79 Å². The number of benzene rings is 1. The fraction of sp³-hybridized carbons (Fsp3) is 0.261. The molecule has 154 valence electrons. The maximum absolute atomic E-state index is 12.1. The van der Waals surface area contributed by atoms with Crippen molar-refractivity contribution in [3.8, 4) is 0 Å². The van der Waals surface area contributed by atoms with E-state index < -0.39 is 0 Å². The number of H-pyrrole nitrogens is 1. The van der Waals surface area contributed by atoms with Crippen molar-refractivity contribution < 1.29 is 4.79 Å². The summed E-state index contributed by atoms with van der Waals surface area (Å²) < 4.78 is 0. The van der Waals surface area contributed by atoms with Crippen LogP contribution in [0.1, 0.15) is 42.9 Å². The van der Waals surface area contributed by atoms with Crippen molar-refractivity contribution in [2.24, 2.45) is 5.92 Å². The number of nitrogens with one attached hydrogen (secondary N) is 3. The molecule has 30 heavy (non-hydrogen) atoms. The van der Waals surface area contributed by atoms with E-state index in [-0.39, 0.29) is 23.9 Å². The maximum Gasteiger partial charge on any atom is 0.226 e. The minimum Gasteiger partial charge on any atom is -0.363 e. The van der Waals surface area contributed by atoms with Crippen LogP contribution >= 0.6 is 12.2 Å². The van der Waals surface area contributed by atoms with Crippen LogP contribution in [0.2, 0.25) is 0 Å². The van der Waals surface area contributed by atoms with Crippen LogP contribution in [-0.2, 0) is 4.79 Å². The van der Waals surface area contributed by atoms with Gasteiger partial charge in [0.05, 0.1) is 11.7 Å². The summed E-state index contributed by atoms with van der Waals surface area (Å²) in [6.07, 6.45) is 3.71. The molecular weight excluding hydrogens is 394 g/mol. The number of carbonyl (C=O) groups excluding carboxylic acids is 1. The van der Waals surface area contributed by atoms with E-state index in [4.69, 9.17) is 12.2 Å². The van der Waals surface area contributed by atoms with Gasteiger partial charge < -0.3 is 20.5 Å². The summed E-state index contributed by atoms with van der Waals surface area (Å²) in [4.78, 5) is 22.1. The lowest BCUT2D eigenvalue weighted by Crippen LogP contribution is -2.29. The molecule has 0 radical (unpaired) electrons. The predicted molar refractivity (Wildman–Crippen MR) is 123 cm³/mol. The number of rotatable bonds is 5. The van der Waals surface area contributed by atoms with Crippen molar-refractivity contribution in [1.82, 2.24) is 15.3 Å². The Balaban J connectivity index is 1.71. The maximum atomic E-state index is 12.1. The quantitative estimate of drug-likeness (QED) is 0.532. The molecule has 2 atom stereocenters. The summed E-state index contributed by atoms with van der Waals surface area (Å²) in [5.74, 6) is -0.0699. The standard InChI is InChI=1S/C23H25N5OS/c1-14(2)22(29)26-17-10-9-16(13-15(17)3)28-21(19-8-6-12-25-19)20(27-23(28)30)18-7-4-5-11-24-18/h4-14,20-21,25H,1-3H3,(H,26,29)(H,27,30)/t20-,21+/m0/s1. The SMILES string of the molecule is Cc1cc(N2C(=S)N[C@@H](c3ccccn3)[C@H]2c2ccc[nH]2)ccc1NC(=O)C(C)C. The highest BCUT2D eigenvalue weighted by Gasteiger charge is 2.41. The first-order valence-corrected chi connectivity index (χ1v) is 10.4. The number of nitrogens with zero attached hydrogens (tertiary/aromatic N) is 2. The zero-order chi connectivity index (χ0) is 21.3. The van der Waals surface area contributed by atoms with E-state index in [2.05, 4.69) is 37.6 Å². The molecule has 3 N–H and O–H groups in total. The molecule has 1 aliphatic heterocycles. The van der Waals surface area contributed by atoms with Gasteiger partial charge in [0, 0.05) is 35.4 Å². The molecule has 1 aromatic carbocycles. The first-order chi connectivity index (χ1) is 14.5. The number of thiocarbonyl (C=S) groups is 1. The third kappa shape index (κ3) is 3.80. The van der Waals surface area contributed by atoms with Crippen LogP contribution in [-0.4, -0.2) is 21.0 Å². The Labute approximate surface area is 181 Å². The highest BCUT2D eigenvalue weighted by molar-refractivity contribution is 7.80. The highest BCUT2D eigenvalue weighted by atomic mass is 32.1. The Bertz CT molecular complexity index is 1050. The van der Waals surface area contributed by atoms with Gasteiger partial charge in [0.25, 0.3) is 0 Å². The smallest absolute Gasteiger partial charge is 0.226 e. The molecule has 4 rings (SSSR count). The summed E-state index contributed by atoms with van der Waals surface area (Å²) >= 11 is 5.73. The number of aromatic nitrogens is 2. The molecule has 0 unspecified atom stereocenters. The van der Waals surface area contributed by atoms with Crippen LogP contribution in [0.4, 0.5) is 11.4 Å². The normalized spacial score (nSPS) is 18.5. The van der Waals surface area contributed by atoms with Gasteiger partial charge in [-0.3, -0.25) is 9.78 Å². The van der Waals surface area contributed by atoms with Gasteiger partial charge in [-0.25, -0.2) is 0 Å². The largest absolute Gasteiger partial charge is 0.363 e. The summed E-state index contributed by atoms with van der Waals surface area (Å²) in [7, 11) is 0. The number of amides is 1. The van der Waals surface area contributed by atoms with Crippen molar-refractivity contribution in [3.05, 3.63) is 77.9 Å². The number of aryl methyl sites for hydroxylation is 1. The van der Waals surface area contributed by atoms with Crippen molar-refractivity contribution in [2.75, 3.05) is 10.2 Å². The highest BCUT2D eigenvalue weighted by Crippen LogP contribution is 2.41. The van der Waals surface area contributed by atoms with Gasteiger partial charge in [-0.1, -0.05) is 19.9 Å². The molecule has 0 bridgehead atoms. The number of carbonyl (C=O) groups is 1. The molecular formula is C23H25N5OS. The molecule has 0 spiro atoms. The molecule has 3 aromatic rings. The lowest BCUT2D eigenvalue weighted by atomic mass is 10.0. The van der Waals surface area contributed by atoms with Gasteiger partial charge in [-0.2, -0.15) is 0 Å². The van der Waals surface area contributed by atoms with Crippen LogP contribution in [0.25, 0.3) is 0 Å². The van der Waals surface area contributed by atoms with Crippen LogP contribution in [0.15, 0.2) is 60.9 Å². The topological polar surface area (TPSA) is 73.1 Å². The first kappa shape index (κ1) is 20.1. The molecule has 3 heterocycles. The zero-order valence-electron chi connectivity index (χ0n) is 17.2. The van der Waals surface area contributed by atoms with Crippen LogP contribution in [0.3, 0.4) is 0 Å². The van der Waals surface area contributed by atoms with E-state index in [1.165, 1.54) is 0 Å². The first-order valence-electron chi connectivity index (χ1n) is 10.0. The van der Waals surface area contributed by atoms with E-state index in [0.717, 1.165) is 28.3 Å². The van der Waals surface area contributed by atoms with Gasteiger partial charge in [0.2, 0.25) is 5.91 Å². The Morgan fingerprint density at radius 2 is 2.03 bits per heavy atom. The minimum atomic E-state index is -0.0852. The van der Waals surface area contributed by atoms with Crippen molar-refractivity contribution >= 4 is 34.6 Å². The molecule has 2 aromatic heterocycles. The van der Waals surface area contributed by atoms with Crippen LogP contribution in [0.5, 0.6) is 0 Å². The third-order valence-electron chi connectivity index (χ3n) is 5.31. The molecule has 0 aliphatic carbocycles. The lowest BCUT2D eigenvalue weighted by molar-refractivity contribution is -0.118. The predicted octanol–water partition coefficient (Wildman–Crippen LogP) is 4.49. The molecule has 7 heteroatoms. The lowest BCUT2D eigenvalue weighted by Gasteiger charge is -2.27. The van der Waals surface area contributed by atoms with Crippen LogP contribution in [0, 0.1) is 12.8 Å². The second-order valence-electron chi connectivity index (χ2n) is 7.77. The molecule has 1 saturated heterocycles. The fourth-order valence-corrected chi connectivity index (χ4v) is 4.04. The van der Waals surface area contributed by atoms with E-state index in [0.29, 0.717) is 5.11 Å². The Morgan fingerprint density at radius 1 is 1.20 bits per heavy atom. The third-order valence-corrected chi connectivity index (χ3v) is 5.62. The van der Waals surface area contributed by atoms with Gasteiger partial charge in [0.15, 0.2) is 5.11 Å². The average Bonchev–Trinajstić information content (AvgIpc) is 3.37. The minimum absolute atomic E-state index is 0.00341. The second-order valence-corrected chi connectivity index (χ2v) is 8.15. The number of pyridine rings is 1. The molecule has 1 amide bonds. The van der Waals surface area contributed by atoms with E-state index in [1.54, 1.807) is 6.20 Å². The van der Waals surface area contributed by atoms with Crippen LogP contribution < -0.4 is 15.5 Å². The number of hydrogen-bond donors (Lipinski definition) is 3. The summed E-state index contributed by atoms with van der Waals surface area (Å²) in [6, 6.07) is 15.8.